The van der Waals surface area contributed by atoms with Gasteiger partial charge in [0.2, 0.25) is 5.91 Å². The van der Waals surface area contributed by atoms with Crippen molar-refractivity contribution in [1.82, 2.24) is 0 Å². The first-order valence-electron chi connectivity index (χ1n) is 6.66. The Kier molecular flexibility index (Phi) is 3.22. The quantitative estimate of drug-likeness (QED) is 0.835. The molecule has 0 atom stereocenters. The molecule has 1 aliphatic heterocycles. The minimum atomic E-state index is 0.122. The summed E-state index contributed by atoms with van der Waals surface area (Å²) in [4.78, 5) is 14.0. The summed E-state index contributed by atoms with van der Waals surface area (Å²) in [5.41, 5.74) is 3.68. The van der Waals surface area contributed by atoms with E-state index < -0.39 is 0 Å². The van der Waals surface area contributed by atoms with Gasteiger partial charge in [-0.1, -0.05) is 36.4 Å². The maximum Gasteiger partial charge on any atom is 0.227 e. The minimum absolute atomic E-state index is 0.122. The molecule has 0 N–H and O–H groups in total. The van der Waals surface area contributed by atoms with Crippen molar-refractivity contribution in [3.63, 3.8) is 0 Å². The number of fused-ring (bicyclic) bond motifs is 1. The Labute approximate surface area is 118 Å². The summed E-state index contributed by atoms with van der Waals surface area (Å²) in [5, 5.41) is 9.16. The van der Waals surface area contributed by atoms with Gasteiger partial charge in [-0.05, 0) is 29.7 Å². The van der Waals surface area contributed by atoms with Crippen molar-refractivity contribution in [1.29, 1.82) is 5.26 Å². The van der Waals surface area contributed by atoms with Crippen LogP contribution in [0.2, 0.25) is 0 Å². The number of carbonyl (C=O) groups excluding carboxylic acids is 1. The minimum Gasteiger partial charge on any atom is -0.308 e. The number of benzene rings is 2. The number of carbonyl (C=O) groups is 1. The van der Waals surface area contributed by atoms with Gasteiger partial charge in [-0.3, -0.25) is 4.79 Å². The van der Waals surface area contributed by atoms with Crippen molar-refractivity contribution in [2.75, 3.05) is 4.90 Å². The molecule has 3 nitrogen and oxygen atoms in total. The number of nitrogens with zero attached hydrogens (tertiary/aromatic N) is 2. The molecule has 0 saturated carbocycles. The summed E-state index contributed by atoms with van der Waals surface area (Å²) in [6.45, 7) is 0.458. The van der Waals surface area contributed by atoms with Crippen LogP contribution >= 0.6 is 0 Å². The fourth-order valence-electron chi connectivity index (χ4n) is 2.61. The van der Waals surface area contributed by atoms with E-state index in [9.17, 15) is 4.79 Å². The van der Waals surface area contributed by atoms with Crippen LogP contribution in [0.4, 0.5) is 5.69 Å². The zero-order chi connectivity index (χ0) is 13.9. The van der Waals surface area contributed by atoms with Crippen LogP contribution in [0.3, 0.4) is 0 Å². The molecule has 20 heavy (non-hydrogen) atoms. The van der Waals surface area contributed by atoms with Crippen LogP contribution in [0.5, 0.6) is 0 Å². The van der Waals surface area contributed by atoms with E-state index >= 15 is 0 Å². The monoisotopic (exact) mass is 262 g/mol. The van der Waals surface area contributed by atoms with Crippen molar-refractivity contribution in [3.05, 3.63) is 65.2 Å². The van der Waals surface area contributed by atoms with E-state index in [-0.39, 0.29) is 5.91 Å². The van der Waals surface area contributed by atoms with Crippen molar-refractivity contribution in [2.24, 2.45) is 0 Å². The molecule has 0 bridgehead atoms. The van der Waals surface area contributed by atoms with Crippen molar-refractivity contribution >= 4 is 11.6 Å². The Hall–Kier alpha value is -2.60. The van der Waals surface area contributed by atoms with E-state index in [2.05, 4.69) is 12.1 Å². The van der Waals surface area contributed by atoms with Crippen LogP contribution < -0.4 is 4.90 Å². The summed E-state index contributed by atoms with van der Waals surface area (Å²) < 4.78 is 0. The van der Waals surface area contributed by atoms with Gasteiger partial charge in [0.25, 0.3) is 0 Å². The Balaban J connectivity index is 1.98. The molecule has 1 aliphatic rings. The lowest BCUT2D eigenvalue weighted by Crippen LogP contribution is -2.34. The fourth-order valence-corrected chi connectivity index (χ4v) is 2.61. The predicted octanol–water partition coefficient (Wildman–Crippen LogP) is 3.04. The predicted molar refractivity (Wildman–Crippen MR) is 77.1 cm³/mol. The van der Waals surface area contributed by atoms with Crippen LogP contribution in [0, 0.1) is 11.3 Å². The number of hydrogen-bond donors (Lipinski definition) is 0. The van der Waals surface area contributed by atoms with Gasteiger partial charge in [-0.2, -0.15) is 5.26 Å². The molecule has 0 radical (unpaired) electrons. The second kappa shape index (κ2) is 5.18. The number of anilines is 1. The molecule has 2 aromatic carbocycles. The lowest BCUT2D eigenvalue weighted by Gasteiger charge is -2.29. The maximum absolute atomic E-state index is 12.2. The average molecular weight is 262 g/mol. The lowest BCUT2D eigenvalue weighted by molar-refractivity contribution is -0.119. The van der Waals surface area contributed by atoms with Gasteiger partial charge in [-0.15, -0.1) is 0 Å². The number of aryl methyl sites for hydroxylation is 1. The second-order valence-corrected chi connectivity index (χ2v) is 4.88. The molecule has 98 valence electrons. The summed E-state index contributed by atoms with van der Waals surface area (Å²) in [6, 6.07) is 17.6. The number of para-hydroxylation sites is 1. The van der Waals surface area contributed by atoms with Crippen LogP contribution in [0.15, 0.2) is 48.5 Å². The molecule has 1 amide bonds. The number of hydrogen-bond acceptors (Lipinski definition) is 2. The van der Waals surface area contributed by atoms with Crippen LogP contribution in [0.25, 0.3) is 0 Å². The normalized spacial score (nSPS) is 13.8. The van der Waals surface area contributed by atoms with E-state index in [4.69, 9.17) is 5.26 Å². The molecule has 0 fully saturated rings. The van der Waals surface area contributed by atoms with E-state index in [1.54, 1.807) is 11.0 Å². The van der Waals surface area contributed by atoms with Crippen molar-refractivity contribution in [2.45, 2.75) is 19.4 Å². The largest absolute Gasteiger partial charge is 0.308 e. The standard InChI is InChI=1S/C17H14N2O/c18-11-14-6-1-2-7-15(14)12-19-16-8-4-3-5-13(16)9-10-17(19)20/h1-8H,9-10,12H2. The van der Waals surface area contributed by atoms with Crippen LogP contribution in [0.1, 0.15) is 23.1 Å². The molecule has 2 aromatic rings. The first kappa shape index (κ1) is 12.4. The molecule has 0 spiro atoms. The van der Waals surface area contributed by atoms with Crippen LogP contribution in [-0.4, -0.2) is 5.91 Å². The summed E-state index contributed by atoms with van der Waals surface area (Å²) in [6.07, 6.45) is 1.33. The maximum atomic E-state index is 12.2. The molecule has 3 rings (SSSR count). The van der Waals surface area contributed by atoms with Gasteiger partial charge < -0.3 is 4.90 Å². The molecule has 0 unspecified atom stereocenters. The Bertz CT molecular complexity index is 700. The fraction of sp³-hybridized carbons (Fsp3) is 0.176. The molecule has 0 saturated heterocycles. The topological polar surface area (TPSA) is 44.1 Å². The third-order valence-electron chi connectivity index (χ3n) is 3.66. The lowest BCUT2D eigenvalue weighted by atomic mass is 9.99. The highest BCUT2D eigenvalue weighted by molar-refractivity contribution is 5.96. The SMILES string of the molecule is N#Cc1ccccc1CN1C(=O)CCc2ccccc21. The smallest absolute Gasteiger partial charge is 0.227 e. The summed E-state index contributed by atoms with van der Waals surface area (Å²) in [7, 11) is 0. The molecule has 1 heterocycles. The molecular weight excluding hydrogens is 248 g/mol. The van der Waals surface area contributed by atoms with E-state index in [0.29, 0.717) is 18.5 Å². The Morgan fingerprint density at radius 3 is 2.65 bits per heavy atom. The zero-order valence-corrected chi connectivity index (χ0v) is 11.0. The first-order valence-corrected chi connectivity index (χ1v) is 6.66. The average Bonchev–Trinajstić information content (AvgIpc) is 2.50. The van der Waals surface area contributed by atoms with Crippen molar-refractivity contribution < 1.29 is 4.79 Å². The molecule has 0 aliphatic carbocycles. The zero-order valence-electron chi connectivity index (χ0n) is 11.0. The van der Waals surface area contributed by atoms with Gasteiger partial charge in [0.05, 0.1) is 18.2 Å². The van der Waals surface area contributed by atoms with E-state index in [1.165, 1.54) is 5.56 Å². The molecular formula is C17H14N2O. The van der Waals surface area contributed by atoms with Gasteiger partial charge in [0, 0.05) is 12.1 Å². The van der Waals surface area contributed by atoms with Crippen molar-refractivity contribution in [3.8, 4) is 6.07 Å². The van der Waals surface area contributed by atoms with Gasteiger partial charge >= 0.3 is 0 Å². The third-order valence-corrected chi connectivity index (χ3v) is 3.66. The summed E-state index contributed by atoms with van der Waals surface area (Å²) in [5.74, 6) is 0.122. The van der Waals surface area contributed by atoms with Crippen LogP contribution in [-0.2, 0) is 17.8 Å². The Morgan fingerprint density at radius 2 is 1.80 bits per heavy atom. The second-order valence-electron chi connectivity index (χ2n) is 4.88. The van der Waals surface area contributed by atoms with E-state index in [0.717, 1.165) is 17.7 Å². The third kappa shape index (κ3) is 2.17. The first-order chi connectivity index (χ1) is 9.79. The Morgan fingerprint density at radius 1 is 1.05 bits per heavy atom. The summed E-state index contributed by atoms with van der Waals surface area (Å²) >= 11 is 0. The highest BCUT2D eigenvalue weighted by Gasteiger charge is 2.24. The molecule has 3 heteroatoms. The highest BCUT2D eigenvalue weighted by atomic mass is 16.2. The van der Waals surface area contributed by atoms with Gasteiger partial charge in [0.1, 0.15) is 0 Å². The van der Waals surface area contributed by atoms with E-state index in [1.807, 2.05) is 36.4 Å². The number of rotatable bonds is 2. The number of amides is 1. The molecule has 0 aromatic heterocycles. The van der Waals surface area contributed by atoms with Gasteiger partial charge in [0.15, 0.2) is 0 Å². The van der Waals surface area contributed by atoms with Gasteiger partial charge in [-0.25, -0.2) is 0 Å². The number of nitriles is 1. The highest BCUT2D eigenvalue weighted by Crippen LogP contribution is 2.29.